The van der Waals surface area contributed by atoms with E-state index in [-0.39, 0.29) is 11.7 Å². The number of amidine groups is 1. The molecular weight excluding hydrogens is 379 g/mol. The van der Waals surface area contributed by atoms with Gasteiger partial charge in [0.15, 0.2) is 5.17 Å². The van der Waals surface area contributed by atoms with Gasteiger partial charge in [-0.3, -0.25) is 0 Å². The molecule has 0 amide bonds. The van der Waals surface area contributed by atoms with Gasteiger partial charge >= 0.3 is 0 Å². The van der Waals surface area contributed by atoms with Crippen LogP contribution in [0.5, 0.6) is 5.88 Å². The van der Waals surface area contributed by atoms with Crippen molar-refractivity contribution >= 4 is 22.7 Å². The minimum atomic E-state index is -0.715. The van der Waals surface area contributed by atoms with Crippen LogP contribution in [0.25, 0.3) is 0 Å². The molecule has 0 saturated carbocycles. The standard InChI is InChI=1S/C20H23FN4O2S/c1-26-10-13-7-17(23-18(8-13)27-2)25-9-14-11-28-19(22)24-20(14,12-25)15-5-3-4-6-16(15)21/h3-8,14H,9-12H2,1-2H3,(H2,22,24)/t14-,20-/m0/s1. The van der Waals surface area contributed by atoms with E-state index < -0.39 is 5.54 Å². The molecule has 2 aliphatic rings. The third-order valence-electron chi connectivity index (χ3n) is 5.32. The second-order valence-corrected chi connectivity index (χ2v) is 8.09. The van der Waals surface area contributed by atoms with Gasteiger partial charge < -0.3 is 20.1 Å². The fourth-order valence-electron chi connectivity index (χ4n) is 4.05. The Labute approximate surface area is 167 Å². The van der Waals surface area contributed by atoms with E-state index in [1.165, 1.54) is 17.8 Å². The maximum Gasteiger partial charge on any atom is 0.215 e. The Kier molecular flexibility index (Phi) is 5.16. The van der Waals surface area contributed by atoms with E-state index in [0.717, 1.165) is 17.1 Å². The fraction of sp³-hybridized carbons (Fsp3) is 0.400. The minimum absolute atomic E-state index is 0.126. The molecular formula is C20H23FN4O2S. The van der Waals surface area contributed by atoms with Gasteiger partial charge in [0.25, 0.3) is 0 Å². The molecule has 0 bridgehead atoms. The van der Waals surface area contributed by atoms with Crippen LogP contribution in [0.2, 0.25) is 0 Å². The van der Waals surface area contributed by atoms with Crippen molar-refractivity contribution in [3.8, 4) is 5.88 Å². The summed E-state index contributed by atoms with van der Waals surface area (Å²) in [4.78, 5) is 11.5. The van der Waals surface area contributed by atoms with Crippen molar-refractivity contribution in [2.24, 2.45) is 16.6 Å². The van der Waals surface area contributed by atoms with E-state index in [9.17, 15) is 4.39 Å². The lowest BCUT2D eigenvalue weighted by atomic mass is 9.81. The van der Waals surface area contributed by atoms with Gasteiger partial charge in [0.2, 0.25) is 5.88 Å². The highest BCUT2D eigenvalue weighted by Gasteiger charge is 2.51. The van der Waals surface area contributed by atoms with E-state index in [0.29, 0.717) is 36.3 Å². The van der Waals surface area contributed by atoms with Crippen LogP contribution in [0.3, 0.4) is 0 Å². The number of nitrogens with two attached hydrogens (primary N) is 1. The summed E-state index contributed by atoms with van der Waals surface area (Å²) in [6, 6.07) is 10.7. The van der Waals surface area contributed by atoms with Crippen molar-refractivity contribution in [2.75, 3.05) is 38.0 Å². The highest BCUT2D eigenvalue weighted by Crippen LogP contribution is 2.47. The van der Waals surface area contributed by atoms with Crippen molar-refractivity contribution in [1.82, 2.24) is 4.98 Å². The second kappa shape index (κ2) is 7.60. The van der Waals surface area contributed by atoms with E-state index in [1.807, 2.05) is 24.3 Å². The molecule has 4 rings (SSSR count). The molecule has 0 radical (unpaired) electrons. The molecule has 28 heavy (non-hydrogen) atoms. The van der Waals surface area contributed by atoms with Crippen LogP contribution in [0.1, 0.15) is 11.1 Å². The maximum atomic E-state index is 14.8. The van der Waals surface area contributed by atoms with E-state index >= 15 is 0 Å². The molecule has 0 spiro atoms. The number of ether oxygens (including phenoxy) is 2. The molecule has 2 atom stereocenters. The molecule has 148 valence electrons. The molecule has 2 aliphatic heterocycles. The Morgan fingerprint density at radius 3 is 2.89 bits per heavy atom. The van der Waals surface area contributed by atoms with Crippen molar-refractivity contribution in [1.29, 1.82) is 0 Å². The highest BCUT2D eigenvalue weighted by molar-refractivity contribution is 8.13. The Hall–Kier alpha value is -2.32. The monoisotopic (exact) mass is 402 g/mol. The van der Waals surface area contributed by atoms with E-state index in [4.69, 9.17) is 20.2 Å². The predicted octanol–water partition coefficient (Wildman–Crippen LogP) is 2.77. The zero-order chi connectivity index (χ0) is 19.7. The zero-order valence-corrected chi connectivity index (χ0v) is 16.7. The first-order chi connectivity index (χ1) is 13.6. The third kappa shape index (κ3) is 3.31. The summed E-state index contributed by atoms with van der Waals surface area (Å²) in [5.74, 6) is 1.96. The van der Waals surface area contributed by atoms with Crippen molar-refractivity contribution in [3.63, 3.8) is 0 Å². The third-order valence-corrected chi connectivity index (χ3v) is 6.28. The van der Waals surface area contributed by atoms with Crippen LogP contribution in [0.15, 0.2) is 41.4 Å². The summed E-state index contributed by atoms with van der Waals surface area (Å²) in [5, 5.41) is 0.500. The number of benzene rings is 1. The summed E-state index contributed by atoms with van der Waals surface area (Å²) >= 11 is 1.52. The number of hydrogen-bond acceptors (Lipinski definition) is 7. The number of halogens is 1. The fourth-order valence-corrected chi connectivity index (χ4v) is 5.03. The second-order valence-electron chi connectivity index (χ2n) is 7.05. The van der Waals surface area contributed by atoms with Gasteiger partial charge in [-0.05, 0) is 17.7 Å². The van der Waals surface area contributed by atoms with Gasteiger partial charge in [0, 0.05) is 43.5 Å². The van der Waals surface area contributed by atoms with Gasteiger partial charge in [-0.15, -0.1) is 0 Å². The van der Waals surface area contributed by atoms with Gasteiger partial charge in [-0.25, -0.2) is 9.38 Å². The van der Waals surface area contributed by atoms with Gasteiger partial charge in [-0.2, -0.15) is 4.98 Å². The van der Waals surface area contributed by atoms with Crippen LogP contribution in [-0.2, 0) is 16.9 Å². The summed E-state index contributed by atoms with van der Waals surface area (Å²) in [7, 11) is 3.24. The molecule has 1 aromatic heterocycles. The molecule has 1 saturated heterocycles. The first-order valence-electron chi connectivity index (χ1n) is 9.07. The predicted molar refractivity (Wildman–Crippen MR) is 109 cm³/mol. The van der Waals surface area contributed by atoms with Crippen LogP contribution in [0.4, 0.5) is 10.2 Å². The number of rotatable bonds is 5. The minimum Gasteiger partial charge on any atom is -0.481 e. The van der Waals surface area contributed by atoms with Crippen molar-refractivity contribution in [2.45, 2.75) is 12.1 Å². The number of fused-ring (bicyclic) bond motifs is 1. The molecule has 0 aliphatic carbocycles. The first-order valence-corrected chi connectivity index (χ1v) is 10.1. The molecule has 0 unspecified atom stereocenters. The number of nitrogens with zero attached hydrogens (tertiary/aromatic N) is 3. The normalized spacial score (nSPS) is 24.0. The number of aliphatic imine (C=N–C) groups is 1. The van der Waals surface area contributed by atoms with Gasteiger partial charge in [0.05, 0.1) is 13.7 Å². The smallest absolute Gasteiger partial charge is 0.215 e. The molecule has 2 N–H and O–H groups in total. The molecule has 3 heterocycles. The van der Waals surface area contributed by atoms with Crippen LogP contribution < -0.4 is 15.4 Å². The Balaban J connectivity index is 1.76. The number of aromatic nitrogens is 1. The van der Waals surface area contributed by atoms with E-state index in [2.05, 4.69) is 9.88 Å². The largest absolute Gasteiger partial charge is 0.481 e. The molecule has 2 aromatic rings. The Morgan fingerprint density at radius 1 is 1.32 bits per heavy atom. The van der Waals surface area contributed by atoms with Crippen molar-refractivity contribution < 1.29 is 13.9 Å². The van der Waals surface area contributed by atoms with Crippen molar-refractivity contribution in [3.05, 3.63) is 53.3 Å². The SMILES string of the molecule is COCc1cc(OC)nc(N2C[C@H]3CSC(N)=N[C@@]3(c3ccccc3F)C2)c1. The maximum absolute atomic E-state index is 14.8. The zero-order valence-electron chi connectivity index (χ0n) is 15.9. The van der Waals surface area contributed by atoms with Crippen LogP contribution in [0, 0.1) is 11.7 Å². The average molecular weight is 402 g/mol. The average Bonchev–Trinajstić information content (AvgIpc) is 3.08. The Morgan fingerprint density at radius 2 is 2.14 bits per heavy atom. The molecule has 8 heteroatoms. The number of hydrogen-bond donors (Lipinski definition) is 1. The van der Waals surface area contributed by atoms with Crippen LogP contribution in [-0.4, -0.2) is 43.2 Å². The number of anilines is 1. The van der Waals surface area contributed by atoms with E-state index in [1.54, 1.807) is 20.3 Å². The lowest BCUT2D eigenvalue weighted by Crippen LogP contribution is -2.40. The number of methoxy groups -OCH3 is 2. The van der Waals surface area contributed by atoms with Crippen LogP contribution >= 0.6 is 11.8 Å². The lowest BCUT2D eigenvalue weighted by Gasteiger charge is -2.34. The quantitative estimate of drug-likeness (QED) is 0.829. The highest BCUT2D eigenvalue weighted by atomic mass is 32.2. The van der Waals surface area contributed by atoms with Gasteiger partial charge in [0.1, 0.15) is 17.2 Å². The molecule has 1 fully saturated rings. The summed E-state index contributed by atoms with van der Waals surface area (Å²) in [5.41, 5.74) is 6.92. The molecule has 6 nitrogen and oxygen atoms in total. The summed E-state index contributed by atoms with van der Waals surface area (Å²) in [6.07, 6.45) is 0. The summed E-state index contributed by atoms with van der Waals surface area (Å²) < 4.78 is 25.4. The lowest BCUT2D eigenvalue weighted by molar-refractivity contribution is 0.184. The summed E-state index contributed by atoms with van der Waals surface area (Å²) in [6.45, 7) is 1.68. The number of thioether (sulfide) groups is 1. The van der Waals surface area contributed by atoms with Gasteiger partial charge in [-0.1, -0.05) is 30.0 Å². The number of pyridine rings is 1. The Bertz CT molecular complexity index is 910. The molecule has 1 aromatic carbocycles. The first kappa shape index (κ1) is 19.0. The topological polar surface area (TPSA) is 73.0 Å².